The molecule has 0 spiro atoms. The summed E-state index contributed by atoms with van der Waals surface area (Å²) in [5.41, 5.74) is 19.5. The molecule has 0 saturated carbocycles. The topological polar surface area (TPSA) is 45.4 Å². The van der Waals surface area contributed by atoms with Gasteiger partial charge in [0.1, 0.15) is 0 Å². The molecule has 4 aromatic carbocycles. The molecule has 0 radical (unpaired) electrons. The molecule has 0 atom stereocenters. The highest BCUT2D eigenvalue weighted by Gasteiger charge is 2.25. The molecule has 8 bridgehead atoms. The Morgan fingerprint density at radius 1 is 0.415 bits per heavy atom. The summed E-state index contributed by atoms with van der Waals surface area (Å²) in [5, 5.41) is 2.06. The third kappa shape index (κ3) is 5.92. The zero-order valence-electron chi connectivity index (χ0n) is 30.7. The molecular formula is C49H40N4. The number of benzene rings is 4. The number of hydrogen-bond acceptors (Lipinski definition) is 2. The zero-order valence-corrected chi connectivity index (χ0v) is 30.7. The number of aliphatic imine (C=N–C) groups is 2. The zero-order chi connectivity index (χ0) is 36.2. The number of hydrogen-bond donors (Lipinski definition) is 1. The largest absolute Gasteiger partial charge is 0.354 e. The van der Waals surface area contributed by atoms with E-state index in [4.69, 9.17) is 9.98 Å². The molecule has 5 heterocycles. The molecule has 0 saturated heterocycles. The molecule has 9 rings (SSSR count). The van der Waals surface area contributed by atoms with Gasteiger partial charge in [-0.25, -0.2) is 9.98 Å². The van der Waals surface area contributed by atoms with Gasteiger partial charge in [-0.15, -0.1) is 0 Å². The Labute approximate surface area is 310 Å². The molecule has 6 aromatic rings. The Bertz CT molecular complexity index is 2750. The van der Waals surface area contributed by atoms with Crippen molar-refractivity contribution in [3.63, 3.8) is 0 Å². The maximum Gasteiger partial charge on any atom is 0.0738 e. The van der Waals surface area contributed by atoms with E-state index in [9.17, 15) is 0 Å². The van der Waals surface area contributed by atoms with Gasteiger partial charge in [0.15, 0.2) is 0 Å². The average Bonchev–Trinajstić information content (AvgIpc) is 3.99. The number of aromatic nitrogens is 2. The van der Waals surface area contributed by atoms with E-state index in [1.807, 2.05) is 0 Å². The summed E-state index contributed by atoms with van der Waals surface area (Å²) < 4.78 is 2.24. The number of H-pyrrole nitrogens is 1. The number of rotatable bonds is 4. The molecule has 4 nitrogen and oxygen atoms in total. The summed E-state index contributed by atoms with van der Waals surface area (Å²) in [4.78, 5) is 14.8. The highest BCUT2D eigenvalue weighted by Crippen LogP contribution is 2.37. The van der Waals surface area contributed by atoms with E-state index in [1.54, 1.807) is 0 Å². The van der Waals surface area contributed by atoms with Gasteiger partial charge in [0.25, 0.3) is 0 Å². The van der Waals surface area contributed by atoms with Gasteiger partial charge >= 0.3 is 0 Å². The van der Waals surface area contributed by atoms with Crippen LogP contribution < -0.4 is 10.7 Å². The molecule has 256 valence electrons. The smallest absolute Gasteiger partial charge is 0.0738 e. The van der Waals surface area contributed by atoms with Gasteiger partial charge in [-0.05, 0) is 92.5 Å². The third-order valence-corrected chi connectivity index (χ3v) is 10.4. The van der Waals surface area contributed by atoms with Gasteiger partial charge < -0.3 is 9.55 Å². The van der Waals surface area contributed by atoms with E-state index >= 15 is 0 Å². The van der Waals surface area contributed by atoms with Gasteiger partial charge in [0, 0.05) is 51.8 Å². The Morgan fingerprint density at radius 3 is 1.32 bits per heavy atom. The van der Waals surface area contributed by atoms with Crippen LogP contribution in [0.15, 0.2) is 167 Å². The third-order valence-electron chi connectivity index (χ3n) is 10.4. The maximum absolute atomic E-state index is 5.45. The number of nitrogens with one attached hydrogen (secondary N) is 1. The summed E-state index contributed by atoms with van der Waals surface area (Å²) in [6.45, 7) is 8.52. The first-order chi connectivity index (χ1) is 25.8. The molecule has 3 aliphatic rings. The van der Waals surface area contributed by atoms with Crippen LogP contribution in [-0.2, 0) is 7.05 Å². The second kappa shape index (κ2) is 12.9. The Balaban J connectivity index is 1.42. The maximum atomic E-state index is 5.45. The summed E-state index contributed by atoms with van der Waals surface area (Å²) in [7, 11) is 2.14. The molecule has 53 heavy (non-hydrogen) atoms. The van der Waals surface area contributed by atoms with Crippen LogP contribution in [0.2, 0.25) is 0 Å². The van der Waals surface area contributed by atoms with Crippen LogP contribution in [0.4, 0.5) is 0 Å². The molecule has 4 heteroatoms. The average molecular weight is 685 g/mol. The van der Waals surface area contributed by atoms with Crippen LogP contribution in [0.5, 0.6) is 0 Å². The second-order valence-corrected chi connectivity index (χ2v) is 14.4. The van der Waals surface area contributed by atoms with Crippen molar-refractivity contribution in [2.75, 3.05) is 0 Å². The van der Waals surface area contributed by atoms with Crippen LogP contribution in [0.3, 0.4) is 0 Å². The molecule has 0 aliphatic carbocycles. The minimum absolute atomic E-state index is 0.891. The number of allylic oxidation sites excluding steroid dienone is 5. The molecule has 3 aliphatic heterocycles. The van der Waals surface area contributed by atoms with Crippen molar-refractivity contribution in [2.45, 2.75) is 27.7 Å². The van der Waals surface area contributed by atoms with E-state index < -0.39 is 0 Å². The van der Waals surface area contributed by atoms with Crippen LogP contribution in [0, 0.1) is 27.7 Å². The molecule has 0 unspecified atom stereocenters. The summed E-state index contributed by atoms with van der Waals surface area (Å²) in [6.07, 6.45) is 10.9. The lowest BCUT2D eigenvalue weighted by molar-refractivity contribution is 0.907. The predicted molar refractivity (Wildman–Crippen MR) is 220 cm³/mol. The monoisotopic (exact) mass is 684 g/mol. The number of aryl methyl sites for hydroxylation is 5. The van der Waals surface area contributed by atoms with Gasteiger partial charge in [0.05, 0.1) is 28.5 Å². The summed E-state index contributed by atoms with van der Waals surface area (Å²) in [5.74, 6) is 0. The Morgan fingerprint density at radius 2 is 0.811 bits per heavy atom. The van der Waals surface area contributed by atoms with E-state index in [1.165, 1.54) is 22.3 Å². The fourth-order valence-corrected chi connectivity index (χ4v) is 7.57. The Kier molecular flexibility index (Phi) is 7.89. The van der Waals surface area contributed by atoms with Gasteiger partial charge in [-0.3, -0.25) is 0 Å². The van der Waals surface area contributed by atoms with Crippen molar-refractivity contribution in [2.24, 2.45) is 17.0 Å². The summed E-state index contributed by atoms with van der Waals surface area (Å²) >= 11 is 0. The van der Waals surface area contributed by atoms with Crippen molar-refractivity contribution >= 4 is 33.7 Å². The van der Waals surface area contributed by atoms with Crippen molar-refractivity contribution < 1.29 is 0 Å². The number of nitrogens with zero attached hydrogens (tertiary/aromatic N) is 3. The molecule has 0 fully saturated rings. The van der Waals surface area contributed by atoms with Crippen LogP contribution in [0.25, 0.3) is 22.3 Å². The number of fused-ring (bicyclic) bond motifs is 6. The Hall–Kier alpha value is -6.52. The predicted octanol–water partition coefficient (Wildman–Crippen LogP) is 9.24. The van der Waals surface area contributed by atoms with E-state index in [-0.39, 0.29) is 0 Å². The van der Waals surface area contributed by atoms with Crippen molar-refractivity contribution in [1.29, 1.82) is 0 Å². The van der Waals surface area contributed by atoms with Crippen LogP contribution in [-0.4, -0.2) is 21.0 Å². The minimum Gasteiger partial charge on any atom is -0.354 e. The van der Waals surface area contributed by atoms with E-state index in [0.717, 1.165) is 89.3 Å². The molecule has 1 N–H and O–H groups in total. The first kappa shape index (κ1) is 32.4. The van der Waals surface area contributed by atoms with Crippen LogP contribution in [0.1, 0.15) is 55.8 Å². The van der Waals surface area contributed by atoms with Gasteiger partial charge in [-0.1, -0.05) is 119 Å². The lowest BCUT2D eigenvalue weighted by Crippen LogP contribution is -2.19. The molecular weight excluding hydrogens is 645 g/mol. The van der Waals surface area contributed by atoms with Crippen molar-refractivity contribution in [3.8, 4) is 0 Å². The standard InChI is InChI=1S/C49H40N4/c1-30-6-14-34(15-7-30)46-38-28-45(53(5)29-38)49(37-20-12-33(4)13-21-37)44-27-26-43(52-44)48(36-18-10-32(3)11-19-36)42-25-24-41(51-42)47(40-23-22-39(46)50-40)35-16-8-31(2)9-17-35/h6-29,50H,1-5H3. The highest BCUT2D eigenvalue weighted by molar-refractivity contribution is 6.35. The first-order valence-corrected chi connectivity index (χ1v) is 18.2. The second-order valence-electron chi connectivity index (χ2n) is 14.4. The van der Waals surface area contributed by atoms with E-state index in [2.05, 4.69) is 190 Å². The quantitative estimate of drug-likeness (QED) is 0.193. The van der Waals surface area contributed by atoms with Crippen LogP contribution >= 0.6 is 0 Å². The highest BCUT2D eigenvalue weighted by atomic mass is 14.9. The SMILES string of the molecule is Cc1ccc(C2=C3C=CC(=N3)C(c3ccc(C)cc3)=c3ccc([nH]3)=C(c3ccc(C)cc3)c3cc(n(C)c3)C(c3ccc(C)cc3)=C3C=CC2=N3)cc1. The summed E-state index contributed by atoms with van der Waals surface area (Å²) in [6, 6.07) is 41.8. The fourth-order valence-electron chi connectivity index (χ4n) is 7.57. The first-order valence-electron chi connectivity index (χ1n) is 18.2. The minimum atomic E-state index is 0.891. The number of aromatic amines is 1. The van der Waals surface area contributed by atoms with Gasteiger partial charge in [-0.2, -0.15) is 0 Å². The fraction of sp³-hybridized carbons (Fsp3) is 0.102. The lowest BCUT2D eigenvalue weighted by atomic mass is 9.96. The van der Waals surface area contributed by atoms with E-state index in [0.29, 0.717) is 0 Å². The van der Waals surface area contributed by atoms with Crippen molar-refractivity contribution in [3.05, 3.63) is 224 Å². The lowest BCUT2D eigenvalue weighted by Gasteiger charge is -2.13. The molecule has 2 aromatic heterocycles. The normalized spacial score (nSPS) is 15.1. The van der Waals surface area contributed by atoms with Crippen molar-refractivity contribution in [1.82, 2.24) is 9.55 Å². The molecule has 0 amide bonds. The van der Waals surface area contributed by atoms with Gasteiger partial charge in [0.2, 0.25) is 0 Å².